The second kappa shape index (κ2) is 3.33. The number of amides is 2. The Morgan fingerprint density at radius 2 is 1.71 bits per heavy atom. The summed E-state index contributed by atoms with van der Waals surface area (Å²) in [4.78, 5) is 24.0. The summed E-state index contributed by atoms with van der Waals surface area (Å²) in [7, 11) is 0. The second-order valence-electron chi connectivity index (χ2n) is 5.17. The number of fused-ring (bicyclic) bond motifs is 2. The predicted octanol–water partition coefficient (Wildman–Crippen LogP) is 0.189. The zero-order valence-electron chi connectivity index (χ0n) is 10.5. The van der Waals surface area contributed by atoms with Crippen LogP contribution in [0.15, 0.2) is 18.2 Å². The van der Waals surface area contributed by atoms with Gasteiger partial charge in [0.05, 0.1) is 12.1 Å². The van der Waals surface area contributed by atoms with Crippen LogP contribution < -0.4 is 14.8 Å². The van der Waals surface area contributed by atoms with Crippen LogP contribution in [-0.4, -0.2) is 18.6 Å². The number of nitriles is 2. The molecule has 0 aromatic heterocycles. The van der Waals surface area contributed by atoms with Crippen LogP contribution in [0.2, 0.25) is 0 Å². The molecular formula is C14H7N3O4. The molecule has 1 N–H and O–H groups in total. The molecule has 21 heavy (non-hydrogen) atoms. The summed E-state index contributed by atoms with van der Waals surface area (Å²) in [6.45, 7) is 0.0929. The fraction of sp³-hybridized carbons (Fsp3) is 0.286. The SMILES string of the molecule is N#C[C@@]12C(=O)NC(=O)[C@@]1(C#N)C2c1ccc2c(c1)OCO2. The maximum Gasteiger partial charge on any atom is 0.250 e. The average molecular weight is 281 g/mol. The van der Waals surface area contributed by atoms with Gasteiger partial charge in [-0.15, -0.1) is 0 Å². The van der Waals surface area contributed by atoms with E-state index in [1.54, 1.807) is 18.2 Å². The molecule has 1 aliphatic carbocycles. The lowest BCUT2D eigenvalue weighted by atomic mass is 9.98. The topological polar surface area (TPSA) is 112 Å². The Bertz CT molecular complexity index is 767. The first kappa shape index (κ1) is 11.7. The molecule has 2 atom stereocenters. The summed E-state index contributed by atoms with van der Waals surface area (Å²) in [5.41, 5.74) is -2.75. The van der Waals surface area contributed by atoms with E-state index in [2.05, 4.69) is 5.32 Å². The lowest BCUT2D eigenvalue weighted by Gasteiger charge is -2.08. The van der Waals surface area contributed by atoms with Gasteiger partial charge in [0.1, 0.15) is 0 Å². The molecule has 1 saturated heterocycles. The minimum absolute atomic E-state index is 0.0929. The molecule has 2 amide bonds. The first-order valence-electron chi connectivity index (χ1n) is 6.20. The number of carbonyl (C=O) groups is 2. The van der Waals surface area contributed by atoms with Crippen LogP contribution in [0.25, 0.3) is 0 Å². The standard InChI is InChI=1S/C14H7N3O4/c15-4-13-10(14(13,5-16)12(19)17-11(13)18)7-1-2-8-9(3-7)21-6-20-8/h1-3,10H,6H2,(H,17,18,19)/t13-,14-/m1/s1. The van der Waals surface area contributed by atoms with Crippen LogP contribution in [0, 0.1) is 33.5 Å². The molecule has 0 radical (unpaired) electrons. The minimum Gasteiger partial charge on any atom is -0.454 e. The Kier molecular flexibility index (Phi) is 1.86. The van der Waals surface area contributed by atoms with Crippen molar-refractivity contribution in [3.8, 4) is 23.6 Å². The van der Waals surface area contributed by atoms with Crippen molar-refractivity contribution in [3.63, 3.8) is 0 Å². The van der Waals surface area contributed by atoms with Gasteiger partial charge in [-0.3, -0.25) is 14.9 Å². The van der Waals surface area contributed by atoms with Gasteiger partial charge in [0.15, 0.2) is 22.3 Å². The van der Waals surface area contributed by atoms with E-state index in [1.165, 1.54) is 0 Å². The van der Waals surface area contributed by atoms with Crippen LogP contribution >= 0.6 is 0 Å². The summed E-state index contributed by atoms with van der Waals surface area (Å²) in [6.07, 6.45) is 0. The van der Waals surface area contributed by atoms with E-state index in [9.17, 15) is 20.1 Å². The monoisotopic (exact) mass is 281 g/mol. The highest BCUT2D eigenvalue weighted by molar-refractivity contribution is 6.19. The maximum atomic E-state index is 12.0. The van der Waals surface area contributed by atoms with Crippen molar-refractivity contribution >= 4 is 11.8 Å². The molecule has 2 fully saturated rings. The van der Waals surface area contributed by atoms with E-state index in [-0.39, 0.29) is 6.79 Å². The van der Waals surface area contributed by atoms with Crippen molar-refractivity contribution in [1.82, 2.24) is 5.32 Å². The highest BCUT2D eigenvalue weighted by Crippen LogP contribution is 2.76. The number of carbonyl (C=O) groups excluding carboxylic acids is 2. The number of benzene rings is 1. The fourth-order valence-corrected chi connectivity index (χ4v) is 3.39. The van der Waals surface area contributed by atoms with Crippen molar-refractivity contribution in [2.75, 3.05) is 6.79 Å². The molecule has 1 saturated carbocycles. The summed E-state index contributed by atoms with van der Waals surface area (Å²) in [5, 5.41) is 20.9. The Morgan fingerprint density at radius 3 is 2.33 bits per heavy atom. The van der Waals surface area contributed by atoms with Gasteiger partial charge in [-0.2, -0.15) is 10.5 Å². The molecule has 0 unspecified atom stereocenters. The predicted molar refractivity (Wildman–Crippen MR) is 64.5 cm³/mol. The molecule has 1 aromatic rings. The molecule has 1 aromatic carbocycles. The second-order valence-corrected chi connectivity index (χ2v) is 5.17. The largest absolute Gasteiger partial charge is 0.454 e. The quantitative estimate of drug-likeness (QED) is 0.735. The van der Waals surface area contributed by atoms with Gasteiger partial charge in [0.2, 0.25) is 18.6 Å². The normalized spacial score (nSPS) is 34.7. The third-order valence-corrected chi connectivity index (χ3v) is 4.43. The van der Waals surface area contributed by atoms with Crippen LogP contribution in [-0.2, 0) is 9.59 Å². The molecule has 7 nitrogen and oxygen atoms in total. The lowest BCUT2D eigenvalue weighted by Crippen LogP contribution is -2.31. The van der Waals surface area contributed by atoms with Crippen molar-refractivity contribution in [2.24, 2.45) is 10.8 Å². The number of nitrogens with zero attached hydrogens (tertiary/aromatic N) is 2. The Morgan fingerprint density at radius 1 is 1.10 bits per heavy atom. The molecule has 7 heteroatoms. The number of ether oxygens (including phenoxy) is 2. The lowest BCUT2D eigenvalue weighted by molar-refractivity contribution is -0.128. The fourth-order valence-electron chi connectivity index (χ4n) is 3.39. The summed E-state index contributed by atoms with van der Waals surface area (Å²) in [5.74, 6) is -1.17. The van der Waals surface area contributed by atoms with E-state index in [0.717, 1.165) is 0 Å². The van der Waals surface area contributed by atoms with Gasteiger partial charge in [0, 0.05) is 5.92 Å². The number of hydrogen-bond donors (Lipinski definition) is 1. The third-order valence-electron chi connectivity index (χ3n) is 4.43. The number of hydrogen-bond acceptors (Lipinski definition) is 6. The van der Waals surface area contributed by atoms with Crippen LogP contribution in [0.5, 0.6) is 11.5 Å². The zero-order chi connectivity index (χ0) is 14.8. The molecule has 2 aliphatic heterocycles. The smallest absolute Gasteiger partial charge is 0.250 e. The van der Waals surface area contributed by atoms with Gasteiger partial charge in [-0.25, -0.2) is 0 Å². The van der Waals surface area contributed by atoms with E-state index >= 15 is 0 Å². The maximum absolute atomic E-state index is 12.0. The average Bonchev–Trinajstić information content (AvgIpc) is 2.71. The van der Waals surface area contributed by atoms with E-state index < -0.39 is 28.6 Å². The first-order chi connectivity index (χ1) is 10.1. The minimum atomic E-state index is -1.65. The van der Waals surface area contributed by atoms with Gasteiger partial charge in [-0.05, 0) is 17.7 Å². The Labute approximate surface area is 118 Å². The molecule has 3 aliphatic rings. The number of piperidine rings is 1. The zero-order valence-corrected chi connectivity index (χ0v) is 10.5. The van der Waals surface area contributed by atoms with Gasteiger partial charge in [-0.1, -0.05) is 6.07 Å². The van der Waals surface area contributed by atoms with E-state index in [0.29, 0.717) is 17.1 Å². The van der Waals surface area contributed by atoms with Gasteiger partial charge >= 0.3 is 0 Å². The van der Waals surface area contributed by atoms with Crippen molar-refractivity contribution < 1.29 is 19.1 Å². The first-order valence-corrected chi connectivity index (χ1v) is 6.20. The van der Waals surface area contributed by atoms with Gasteiger partial charge in [0.25, 0.3) is 0 Å². The van der Waals surface area contributed by atoms with Crippen molar-refractivity contribution in [3.05, 3.63) is 23.8 Å². The molecule has 4 rings (SSSR count). The summed E-state index contributed by atoms with van der Waals surface area (Å²) < 4.78 is 10.4. The van der Waals surface area contributed by atoms with Crippen molar-refractivity contribution in [2.45, 2.75) is 5.92 Å². The highest BCUT2D eigenvalue weighted by Gasteiger charge is 2.90. The summed E-state index contributed by atoms with van der Waals surface area (Å²) in [6, 6.07) is 8.66. The molecule has 0 bridgehead atoms. The highest BCUT2D eigenvalue weighted by atomic mass is 16.7. The van der Waals surface area contributed by atoms with E-state index in [4.69, 9.17) is 9.47 Å². The van der Waals surface area contributed by atoms with Crippen LogP contribution in [0.4, 0.5) is 0 Å². The third kappa shape index (κ3) is 1.02. The number of imide groups is 1. The van der Waals surface area contributed by atoms with E-state index in [1.807, 2.05) is 12.1 Å². The molecular weight excluding hydrogens is 274 g/mol. The number of nitrogens with one attached hydrogen (secondary N) is 1. The molecule has 102 valence electrons. The summed E-state index contributed by atoms with van der Waals surface area (Å²) >= 11 is 0. The van der Waals surface area contributed by atoms with Gasteiger partial charge < -0.3 is 9.47 Å². The van der Waals surface area contributed by atoms with Crippen molar-refractivity contribution in [1.29, 1.82) is 10.5 Å². The molecule has 0 spiro atoms. The Balaban J connectivity index is 1.88. The van der Waals surface area contributed by atoms with Crippen LogP contribution in [0.3, 0.4) is 0 Å². The number of rotatable bonds is 1. The molecule has 2 heterocycles. The Hall–Kier alpha value is -3.06. The van der Waals surface area contributed by atoms with Crippen LogP contribution in [0.1, 0.15) is 11.5 Å².